The molecule has 0 N–H and O–H groups in total. The minimum atomic E-state index is -3.11. The second kappa shape index (κ2) is 3.61. The Hall–Kier alpha value is -0.880. The summed E-state index contributed by atoms with van der Waals surface area (Å²) >= 11 is 0. The van der Waals surface area contributed by atoms with Crippen LogP contribution in [0.3, 0.4) is 0 Å². The minimum absolute atomic E-state index is 0.405. The van der Waals surface area contributed by atoms with Gasteiger partial charge in [0, 0.05) is 31.4 Å². The van der Waals surface area contributed by atoms with Gasteiger partial charge < -0.3 is 0 Å². The number of rotatable bonds is 1. The van der Waals surface area contributed by atoms with Gasteiger partial charge in [-0.25, -0.2) is 8.42 Å². The van der Waals surface area contributed by atoms with E-state index in [4.69, 9.17) is 0 Å². The van der Waals surface area contributed by atoms with Crippen LogP contribution in [0.15, 0.2) is 0 Å². The van der Waals surface area contributed by atoms with E-state index in [-0.39, 0.29) is 0 Å². The molecular formula is C9H14N3O2S. The van der Waals surface area contributed by atoms with Gasteiger partial charge >= 0.3 is 0 Å². The fourth-order valence-corrected chi connectivity index (χ4v) is 2.68. The topological polar surface area (TPSA) is 55.2 Å². The highest BCUT2D eigenvalue weighted by molar-refractivity contribution is 7.88. The Bertz CT molecular complexity index is 464. The molecule has 1 aliphatic rings. The van der Waals surface area contributed by atoms with Crippen molar-refractivity contribution in [1.29, 1.82) is 0 Å². The molecule has 0 aromatic carbocycles. The highest BCUT2D eigenvalue weighted by Gasteiger charge is 2.23. The molecule has 0 unspecified atom stereocenters. The van der Waals surface area contributed by atoms with Gasteiger partial charge in [-0.15, -0.1) is 0 Å². The quantitative estimate of drug-likeness (QED) is 0.676. The zero-order valence-electron chi connectivity index (χ0n) is 8.89. The molecule has 0 spiro atoms. The average Bonchev–Trinajstić information content (AvgIpc) is 2.38. The van der Waals surface area contributed by atoms with Crippen molar-refractivity contribution in [2.45, 2.75) is 19.4 Å². The van der Waals surface area contributed by atoms with Gasteiger partial charge in [0.05, 0.1) is 6.26 Å². The molecule has 2 heterocycles. The lowest BCUT2D eigenvalue weighted by Crippen LogP contribution is -2.29. The largest absolute Gasteiger partial charge is 0.272 e. The maximum atomic E-state index is 11.4. The molecule has 1 radical (unpaired) electrons. The third-order valence-electron chi connectivity index (χ3n) is 2.70. The second-order valence-electron chi connectivity index (χ2n) is 3.86. The highest BCUT2D eigenvalue weighted by Crippen LogP contribution is 2.18. The molecule has 15 heavy (non-hydrogen) atoms. The van der Waals surface area contributed by atoms with Crippen LogP contribution in [0.5, 0.6) is 0 Å². The fourth-order valence-electron chi connectivity index (χ4n) is 1.86. The summed E-state index contributed by atoms with van der Waals surface area (Å²) in [6.07, 6.45) is 5.83. The van der Waals surface area contributed by atoms with Crippen molar-refractivity contribution < 1.29 is 8.42 Å². The van der Waals surface area contributed by atoms with E-state index in [2.05, 4.69) is 11.3 Å². The summed E-state index contributed by atoms with van der Waals surface area (Å²) in [4.78, 5) is 0. The van der Waals surface area contributed by atoms with E-state index in [0.29, 0.717) is 13.1 Å². The average molecular weight is 228 g/mol. The van der Waals surface area contributed by atoms with E-state index in [1.54, 1.807) is 4.68 Å². The van der Waals surface area contributed by atoms with Crippen molar-refractivity contribution in [1.82, 2.24) is 14.1 Å². The Labute approximate surface area is 89.7 Å². The third kappa shape index (κ3) is 2.05. The number of aromatic nitrogens is 2. The van der Waals surface area contributed by atoms with Gasteiger partial charge in [-0.05, 0) is 12.8 Å². The van der Waals surface area contributed by atoms with Crippen molar-refractivity contribution in [2.75, 3.05) is 12.8 Å². The van der Waals surface area contributed by atoms with Crippen LogP contribution in [0.1, 0.15) is 17.7 Å². The Morgan fingerprint density at radius 2 is 2.20 bits per heavy atom. The van der Waals surface area contributed by atoms with E-state index < -0.39 is 10.0 Å². The normalized spacial score (nSPS) is 18.5. The number of hydrogen-bond acceptors (Lipinski definition) is 3. The summed E-state index contributed by atoms with van der Waals surface area (Å²) in [5, 5.41) is 4.03. The van der Waals surface area contributed by atoms with Crippen LogP contribution in [-0.4, -0.2) is 35.3 Å². The van der Waals surface area contributed by atoms with E-state index in [9.17, 15) is 8.42 Å². The molecule has 1 aromatic rings. The van der Waals surface area contributed by atoms with Crippen molar-refractivity contribution in [3.05, 3.63) is 17.5 Å². The molecule has 1 aromatic heterocycles. The Balaban J connectivity index is 2.33. The van der Waals surface area contributed by atoms with Crippen LogP contribution in [0, 0.1) is 6.20 Å². The van der Waals surface area contributed by atoms with Gasteiger partial charge in [0.15, 0.2) is 0 Å². The first-order valence-corrected chi connectivity index (χ1v) is 6.71. The molecule has 0 saturated carbocycles. The summed E-state index contributed by atoms with van der Waals surface area (Å²) < 4.78 is 26.1. The van der Waals surface area contributed by atoms with Crippen LogP contribution >= 0.6 is 0 Å². The number of fused-ring (bicyclic) bond motifs is 1. The Morgan fingerprint density at radius 3 is 2.87 bits per heavy atom. The van der Waals surface area contributed by atoms with Crippen LogP contribution in [0.2, 0.25) is 0 Å². The molecule has 0 atom stereocenters. The molecule has 5 nitrogen and oxygen atoms in total. The smallest absolute Gasteiger partial charge is 0.211 e. The fraction of sp³-hybridized carbons (Fsp3) is 0.667. The van der Waals surface area contributed by atoms with Crippen LogP contribution < -0.4 is 0 Å². The number of hydrogen-bond donors (Lipinski definition) is 0. The van der Waals surface area contributed by atoms with Gasteiger partial charge in [-0.2, -0.15) is 9.40 Å². The van der Waals surface area contributed by atoms with Crippen molar-refractivity contribution in [2.24, 2.45) is 7.05 Å². The number of aryl methyl sites for hydroxylation is 1. The lowest BCUT2D eigenvalue weighted by molar-refractivity contribution is 0.413. The molecule has 2 rings (SSSR count). The second-order valence-corrected chi connectivity index (χ2v) is 5.84. The predicted octanol–water partition coefficient (Wildman–Crippen LogP) is -0.0719. The summed E-state index contributed by atoms with van der Waals surface area (Å²) in [5.74, 6) is 0. The van der Waals surface area contributed by atoms with E-state index in [1.165, 1.54) is 10.6 Å². The van der Waals surface area contributed by atoms with Gasteiger partial charge in [-0.1, -0.05) is 0 Å². The van der Waals surface area contributed by atoms with Crippen LogP contribution in [0.4, 0.5) is 0 Å². The number of sulfonamides is 1. The SMILES string of the molecule is Cn1n[c]c2c1CCCN(S(C)(=O)=O)C2. The molecule has 0 saturated heterocycles. The molecule has 0 aliphatic carbocycles. The first kappa shape index (κ1) is 10.6. The number of nitrogens with zero attached hydrogens (tertiary/aromatic N) is 3. The summed E-state index contributed by atoms with van der Waals surface area (Å²) in [6, 6.07) is 0. The van der Waals surface area contributed by atoms with E-state index in [1.807, 2.05) is 7.05 Å². The lowest BCUT2D eigenvalue weighted by atomic mass is 10.2. The van der Waals surface area contributed by atoms with Crippen LogP contribution in [0.25, 0.3) is 0 Å². The maximum absolute atomic E-state index is 11.4. The summed E-state index contributed by atoms with van der Waals surface area (Å²) in [7, 11) is -1.24. The summed E-state index contributed by atoms with van der Waals surface area (Å²) in [5.41, 5.74) is 2.00. The van der Waals surface area contributed by atoms with Crippen molar-refractivity contribution in [3.8, 4) is 0 Å². The Kier molecular flexibility index (Phi) is 2.56. The van der Waals surface area contributed by atoms with Gasteiger partial charge in [0.2, 0.25) is 10.0 Å². The molecule has 0 fully saturated rings. The third-order valence-corrected chi connectivity index (χ3v) is 3.95. The van der Waals surface area contributed by atoms with E-state index >= 15 is 0 Å². The van der Waals surface area contributed by atoms with Crippen molar-refractivity contribution >= 4 is 10.0 Å². The molecule has 1 aliphatic heterocycles. The standard InChI is InChI=1S/C9H14N3O2S/c1-11-9-4-3-5-12(15(2,13)14)7-8(9)6-10-11/h3-5,7H2,1-2H3. The molecule has 0 amide bonds. The zero-order valence-corrected chi connectivity index (χ0v) is 9.71. The van der Waals surface area contributed by atoms with Crippen molar-refractivity contribution in [3.63, 3.8) is 0 Å². The molecule has 83 valence electrons. The summed E-state index contributed by atoms with van der Waals surface area (Å²) in [6.45, 7) is 0.989. The Morgan fingerprint density at radius 1 is 1.47 bits per heavy atom. The van der Waals surface area contributed by atoms with Gasteiger partial charge in [-0.3, -0.25) is 4.68 Å². The van der Waals surface area contributed by atoms with Gasteiger partial charge in [0.25, 0.3) is 0 Å². The highest BCUT2D eigenvalue weighted by atomic mass is 32.2. The van der Waals surface area contributed by atoms with E-state index in [0.717, 1.165) is 24.1 Å². The minimum Gasteiger partial charge on any atom is -0.272 e. The van der Waals surface area contributed by atoms with Crippen LogP contribution in [-0.2, 0) is 30.0 Å². The zero-order chi connectivity index (χ0) is 11.1. The molecule has 0 bridgehead atoms. The predicted molar refractivity (Wildman–Crippen MR) is 55.6 cm³/mol. The molecule has 6 heteroatoms. The monoisotopic (exact) mass is 228 g/mol. The maximum Gasteiger partial charge on any atom is 0.211 e. The van der Waals surface area contributed by atoms with Gasteiger partial charge in [0.1, 0.15) is 6.20 Å². The lowest BCUT2D eigenvalue weighted by Gasteiger charge is -2.16. The molecular weight excluding hydrogens is 214 g/mol. The first-order chi connectivity index (χ1) is 6.98. The first-order valence-electron chi connectivity index (χ1n) is 4.86.